The molecule has 21 heteroatoms. The second kappa shape index (κ2) is 85.0. The largest absolute Gasteiger partial charge is 0.392 e. The number of aliphatic hydroxyl groups excluding tert-OH is 3. The molecule has 0 fully saturated rings. The first-order chi connectivity index (χ1) is 31.8. The predicted octanol–water partition coefficient (Wildman–Crippen LogP) is -3.55. The van der Waals surface area contributed by atoms with Gasteiger partial charge in [-0.25, -0.2) is 0 Å². The quantitative estimate of drug-likeness (QED) is 0.0283. The van der Waals surface area contributed by atoms with E-state index < -0.39 is 0 Å². The number of nitrogens with zero attached hydrogens (tertiary/aromatic N) is 2. The molecule has 0 aromatic heterocycles. The number of nitrogens with two attached hydrogens (primary N) is 7. The summed E-state index contributed by atoms with van der Waals surface area (Å²) in [6.07, 6.45) is 8.32. The molecular weight excluding hydrogens is 853 g/mol. The van der Waals surface area contributed by atoms with Crippen LogP contribution in [0.4, 0.5) is 0 Å². The minimum absolute atomic E-state index is 0.0608. The van der Waals surface area contributed by atoms with Gasteiger partial charge in [-0.3, -0.25) is 0 Å². The molecule has 67 heavy (non-hydrogen) atoms. The Morgan fingerprint density at radius 3 is 1.12 bits per heavy atom. The molecule has 3 atom stereocenters. The van der Waals surface area contributed by atoms with E-state index in [0.29, 0.717) is 32.7 Å². The zero-order chi connectivity index (χ0) is 53.8. The van der Waals surface area contributed by atoms with Gasteiger partial charge < -0.3 is 113 Å². The molecule has 0 amide bonds. The fourth-order valence-electron chi connectivity index (χ4n) is 4.16. The van der Waals surface area contributed by atoms with E-state index in [0.717, 1.165) is 111 Å². The predicted molar refractivity (Wildman–Crippen MR) is 299 cm³/mol. The summed E-state index contributed by atoms with van der Waals surface area (Å²) in [5.41, 5.74) is 36.8. The van der Waals surface area contributed by atoms with Crippen LogP contribution >= 0.6 is 0 Å². The molecular formula is C46H128N18O3. The van der Waals surface area contributed by atoms with Gasteiger partial charge >= 0.3 is 0 Å². The van der Waals surface area contributed by atoms with Gasteiger partial charge in [-0.05, 0) is 215 Å². The number of unbranched alkanes of at least 4 members (excludes halogenated alkanes) is 2. The molecule has 21 nitrogen and oxygen atoms in total. The molecule has 0 spiro atoms. The summed E-state index contributed by atoms with van der Waals surface area (Å²) in [6, 6.07) is 0. The smallest absolute Gasteiger partial charge is 0.0788 e. The summed E-state index contributed by atoms with van der Waals surface area (Å²) < 4.78 is 0. The lowest BCUT2D eigenvalue weighted by Crippen LogP contribution is -2.41. The zero-order valence-electron chi connectivity index (χ0n) is 47.1. The van der Waals surface area contributed by atoms with Crippen LogP contribution in [0.1, 0.15) is 79.1 Å². The Morgan fingerprint density at radius 1 is 0.463 bits per heavy atom. The molecule has 0 heterocycles. The Hall–Kier alpha value is -0.840. The van der Waals surface area contributed by atoms with Crippen molar-refractivity contribution < 1.29 is 15.3 Å². The Kier molecular flexibility index (Phi) is 109. The Bertz CT molecular complexity index is 692. The average molecular weight is 982 g/mol. The van der Waals surface area contributed by atoms with Crippen LogP contribution in [0.2, 0.25) is 0 Å². The molecule has 0 aliphatic heterocycles. The first-order valence-corrected chi connectivity index (χ1v) is 25.0. The van der Waals surface area contributed by atoms with Crippen LogP contribution in [0, 0.1) is 0 Å². The van der Waals surface area contributed by atoms with Crippen molar-refractivity contribution in [2.45, 2.75) is 103 Å². The molecule has 0 saturated heterocycles. The third-order valence-corrected chi connectivity index (χ3v) is 7.81. The monoisotopic (exact) mass is 981 g/mol. The van der Waals surface area contributed by atoms with Gasteiger partial charge in [0.05, 0.1) is 18.3 Å². The number of hydrogen-bond acceptors (Lipinski definition) is 21. The highest BCUT2D eigenvalue weighted by Gasteiger charge is 2.06. The lowest BCUT2D eigenvalue weighted by Gasteiger charge is -2.16. The first-order valence-electron chi connectivity index (χ1n) is 25.0. The van der Waals surface area contributed by atoms with E-state index in [2.05, 4.69) is 85.7 Å². The standard InChI is InChI=1S/C7H19N3.C7H18N2O2.C6H15N.3C5H14N2.C4H12N2O.C4H12N2.C3H10N2/c1-10(6-2-4-8)7-3-5-9;1-6(10)3-9-5-7(11)4-8-2;1-4-5-6-7(2)3;1-5(2,6)4-7-3;1-6-4-3-5-7-2;1-7-5-3-2-4-6;1-6-3-4(7)2-5;1-6-4-2-3-5;1-5-3-2-4/h2-9H2,1H3;6-11H,3-5H2,1-2H3;4-6H2,1-3H3;7H,4,6H2,1-3H3;6-7H,3-5H2,1-2H3;7H,2-6H2,1H3;4,6-7H,2-3,5H2,1H3;6H,2-5H2,1H3;5H,2-4H2,1H3. The number of aliphatic hydroxyl groups is 3. The Balaban J connectivity index is -0.0000000814. The summed E-state index contributed by atoms with van der Waals surface area (Å²) in [6.45, 7) is 23.9. The highest BCUT2D eigenvalue weighted by atomic mass is 16.3. The van der Waals surface area contributed by atoms with Crippen LogP contribution in [0.25, 0.3) is 0 Å². The van der Waals surface area contributed by atoms with Gasteiger partial charge in [-0.2, -0.15) is 0 Å². The summed E-state index contributed by atoms with van der Waals surface area (Å²) in [5, 5.41) is 53.3. The summed E-state index contributed by atoms with van der Waals surface area (Å²) >= 11 is 0. The molecule has 0 aromatic rings. The second-order valence-corrected chi connectivity index (χ2v) is 16.7. The molecule has 0 aliphatic carbocycles. The molecule has 0 saturated carbocycles. The van der Waals surface area contributed by atoms with E-state index in [1.165, 1.54) is 32.2 Å². The normalized spacial score (nSPS) is 11.5. The summed E-state index contributed by atoms with van der Waals surface area (Å²) in [5.74, 6) is 0. The fraction of sp³-hybridized carbons (Fsp3) is 1.00. The topological polar surface area (TPSA) is 358 Å². The van der Waals surface area contributed by atoms with E-state index in [-0.39, 0.29) is 23.9 Å². The van der Waals surface area contributed by atoms with Crippen LogP contribution < -0.4 is 88.0 Å². The lowest BCUT2D eigenvalue weighted by molar-refractivity contribution is 0.153. The minimum atomic E-state index is -0.384. The fourth-order valence-corrected chi connectivity index (χ4v) is 4.16. The molecule has 0 rings (SSSR count). The molecule has 26 N–H and O–H groups in total. The maximum absolute atomic E-state index is 9.16. The third-order valence-electron chi connectivity index (χ3n) is 7.81. The third kappa shape index (κ3) is 146. The van der Waals surface area contributed by atoms with Gasteiger partial charge in [0.25, 0.3) is 0 Å². The van der Waals surface area contributed by atoms with E-state index in [1.54, 1.807) is 21.0 Å². The molecule has 0 radical (unpaired) electrons. The molecule has 3 unspecified atom stereocenters. The van der Waals surface area contributed by atoms with Crippen LogP contribution in [0.3, 0.4) is 0 Å². The van der Waals surface area contributed by atoms with Gasteiger partial charge in [-0.1, -0.05) is 13.3 Å². The van der Waals surface area contributed by atoms with Crippen LogP contribution in [-0.4, -0.2) is 251 Å². The van der Waals surface area contributed by atoms with Crippen molar-refractivity contribution >= 4 is 0 Å². The van der Waals surface area contributed by atoms with Gasteiger partial charge in [0, 0.05) is 57.9 Å². The molecule has 420 valence electrons. The molecule has 0 bridgehead atoms. The van der Waals surface area contributed by atoms with E-state index in [9.17, 15) is 0 Å². The van der Waals surface area contributed by atoms with Crippen LogP contribution in [-0.2, 0) is 0 Å². The van der Waals surface area contributed by atoms with Crippen molar-refractivity contribution in [3.05, 3.63) is 0 Å². The van der Waals surface area contributed by atoms with E-state index >= 15 is 0 Å². The van der Waals surface area contributed by atoms with Crippen molar-refractivity contribution in [2.24, 2.45) is 40.1 Å². The van der Waals surface area contributed by atoms with Gasteiger partial charge in [0.2, 0.25) is 0 Å². The molecule has 0 aromatic carbocycles. The van der Waals surface area contributed by atoms with E-state index in [1.807, 2.05) is 56.1 Å². The Morgan fingerprint density at radius 2 is 0.881 bits per heavy atom. The Labute approximate surface area is 416 Å². The van der Waals surface area contributed by atoms with Crippen molar-refractivity contribution in [1.29, 1.82) is 0 Å². The highest BCUT2D eigenvalue weighted by molar-refractivity contribution is 4.72. The minimum Gasteiger partial charge on any atom is -0.392 e. The van der Waals surface area contributed by atoms with Crippen LogP contribution in [0.5, 0.6) is 0 Å². The highest BCUT2D eigenvalue weighted by Crippen LogP contribution is 1.90. The van der Waals surface area contributed by atoms with Gasteiger partial charge in [0.15, 0.2) is 0 Å². The molecule has 0 aliphatic rings. The maximum atomic E-state index is 9.16. The summed E-state index contributed by atoms with van der Waals surface area (Å²) in [4.78, 5) is 4.48. The zero-order valence-corrected chi connectivity index (χ0v) is 47.1. The number of rotatable bonds is 33. The van der Waals surface area contributed by atoms with Crippen LogP contribution in [0.15, 0.2) is 0 Å². The lowest BCUT2D eigenvalue weighted by atomic mass is 10.1. The van der Waals surface area contributed by atoms with Crippen molar-refractivity contribution in [1.82, 2.24) is 57.7 Å². The van der Waals surface area contributed by atoms with E-state index in [4.69, 9.17) is 55.5 Å². The summed E-state index contributed by atoms with van der Waals surface area (Å²) in [7, 11) is 21.5. The van der Waals surface area contributed by atoms with Crippen molar-refractivity contribution in [2.75, 3.05) is 202 Å². The maximum Gasteiger partial charge on any atom is 0.0788 e. The SMILES string of the molecule is CCCCN(C)C.CN(CCCN)CCCN.CNCC(C)(C)N.CNCC(O)CN.CNCC(O)CNCC(C)O.CNCCCCN.CNCCCN.CNCCCNC.CNCCN. The van der Waals surface area contributed by atoms with Gasteiger partial charge in [-0.15, -0.1) is 0 Å². The number of likely N-dealkylation sites (N-methyl/N-ethyl adjacent to an activating group) is 4. The van der Waals surface area contributed by atoms with Gasteiger partial charge in [0.1, 0.15) is 0 Å². The number of hydrogen-bond donors (Lipinski definition) is 19. The first kappa shape index (κ1) is 86.0. The number of nitrogens with one attached hydrogen (secondary N) is 9. The van der Waals surface area contributed by atoms with Crippen molar-refractivity contribution in [3.8, 4) is 0 Å². The van der Waals surface area contributed by atoms with Crippen molar-refractivity contribution in [3.63, 3.8) is 0 Å². The second-order valence-electron chi connectivity index (χ2n) is 16.7. The average Bonchev–Trinajstić information content (AvgIpc) is 3.28.